The molecule has 0 radical (unpaired) electrons. The number of rotatable bonds is 5. The van der Waals surface area contributed by atoms with Crippen molar-refractivity contribution in [1.82, 2.24) is 4.90 Å². The fraction of sp³-hybridized carbons (Fsp3) is 0.692. The van der Waals surface area contributed by atoms with Gasteiger partial charge in [-0.2, -0.15) is 0 Å². The molecule has 102 valence electrons. The molecule has 2 atom stereocenters. The molecule has 0 spiro atoms. The van der Waals surface area contributed by atoms with Crippen LogP contribution in [-0.4, -0.2) is 47.7 Å². The average molecular weight is 255 g/mol. The van der Waals surface area contributed by atoms with Gasteiger partial charge < -0.3 is 14.7 Å². The number of morpholine rings is 1. The van der Waals surface area contributed by atoms with Crippen molar-refractivity contribution < 1.29 is 19.4 Å². The Morgan fingerprint density at radius 1 is 1.56 bits per heavy atom. The first-order valence-electron chi connectivity index (χ1n) is 6.16. The lowest BCUT2D eigenvalue weighted by Gasteiger charge is -2.36. The summed E-state index contributed by atoms with van der Waals surface area (Å²) in [6.45, 7) is 8.79. The highest BCUT2D eigenvalue weighted by Crippen LogP contribution is 2.18. The maximum Gasteiger partial charge on any atom is 0.305 e. The Morgan fingerprint density at radius 3 is 2.78 bits per heavy atom. The number of allylic oxidation sites excluding steroid dienone is 1. The molecule has 1 amide bonds. The van der Waals surface area contributed by atoms with Crippen molar-refractivity contribution in [2.45, 2.75) is 32.7 Å². The molecule has 0 aromatic carbocycles. The molecule has 1 aliphatic heterocycles. The lowest BCUT2D eigenvalue weighted by atomic mass is 10.00. The highest BCUT2D eigenvalue weighted by atomic mass is 16.5. The lowest BCUT2D eigenvalue weighted by Crippen LogP contribution is -2.51. The Morgan fingerprint density at radius 2 is 2.22 bits per heavy atom. The summed E-state index contributed by atoms with van der Waals surface area (Å²) in [5.74, 6) is -1.07. The van der Waals surface area contributed by atoms with Gasteiger partial charge in [-0.15, -0.1) is 6.58 Å². The van der Waals surface area contributed by atoms with Crippen LogP contribution in [0.2, 0.25) is 0 Å². The summed E-state index contributed by atoms with van der Waals surface area (Å²) in [5.41, 5.74) is 0.957. The number of carboxylic acid groups (broad SMARTS) is 1. The third-order valence-corrected chi connectivity index (χ3v) is 3.00. The standard InChI is InChI=1S/C13H21NO4/c1-9(2)6-10(3)13(17)14-4-5-18-8-11(14)7-12(15)16/h10-11H,1,4-8H2,2-3H3,(H,15,16)/t10-,11+/m0/s1. The number of nitrogens with zero attached hydrogens (tertiary/aromatic N) is 1. The predicted molar refractivity (Wildman–Crippen MR) is 67.2 cm³/mol. The molecular formula is C13H21NO4. The molecular weight excluding hydrogens is 234 g/mol. The summed E-state index contributed by atoms with van der Waals surface area (Å²) >= 11 is 0. The first-order valence-corrected chi connectivity index (χ1v) is 6.16. The van der Waals surface area contributed by atoms with Gasteiger partial charge in [0.25, 0.3) is 0 Å². The molecule has 1 N–H and O–H groups in total. The second-order valence-electron chi connectivity index (χ2n) is 4.92. The van der Waals surface area contributed by atoms with Crippen LogP contribution in [0.3, 0.4) is 0 Å². The number of carbonyl (C=O) groups excluding carboxylic acids is 1. The topological polar surface area (TPSA) is 66.8 Å². The molecule has 5 nitrogen and oxygen atoms in total. The minimum Gasteiger partial charge on any atom is -0.481 e. The summed E-state index contributed by atoms with van der Waals surface area (Å²) in [5, 5.41) is 8.84. The maximum atomic E-state index is 12.3. The molecule has 0 saturated carbocycles. The highest BCUT2D eigenvalue weighted by molar-refractivity contribution is 5.80. The second kappa shape index (κ2) is 6.54. The van der Waals surface area contributed by atoms with Gasteiger partial charge in [0.2, 0.25) is 5.91 Å². The van der Waals surface area contributed by atoms with Gasteiger partial charge in [0.15, 0.2) is 0 Å². The van der Waals surface area contributed by atoms with E-state index in [0.29, 0.717) is 26.2 Å². The monoisotopic (exact) mass is 255 g/mol. The maximum absolute atomic E-state index is 12.3. The third kappa shape index (κ3) is 4.14. The summed E-state index contributed by atoms with van der Waals surface area (Å²) in [7, 11) is 0. The van der Waals surface area contributed by atoms with Gasteiger partial charge in [0.1, 0.15) is 0 Å². The Kier molecular flexibility index (Phi) is 5.34. The Bertz CT molecular complexity index is 340. The smallest absolute Gasteiger partial charge is 0.305 e. The van der Waals surface area contributed by atoms with Gasteiger partial charge in [-0.3, -0.25) is 9.59 Å². The lowest BCUT2D eigenvalue weighted by molar-refractivity contribution is -0.148. The van der Waals surface area contributed by atoms with Crippen LogP contribution in [0.5, 0.6) is 0 Å². The molecule has 1 fully saturated rings. The minimum atomic E-state index is -0.907. The molecule has 5 heteroatoms. The van der Waals surface area contributed by atoms with E-state index in [-0.39, 0.29) is 24.3 Å². The van der Waals surface area contributed by atoms with Crippen LogP contribution in [0.4, 0.5) is 0 Å². The van der Waals surface area contributed by atoms with E-state index in [1.165, 1.54) is 0 Å². The van der Waals surface area contributed by atoms with E-state index in [0.717, 1.165) is 5.57 Å². The van der Waals surface area contributed by atoms with Crippen molar-refractivity contribution in [2.75, 3.05) is 19.8 Å². The molecule has 0 aromatic heterocycles. The Balaban J connectivity index is 2.67. The molecule has 1 rings (SSSR count). The normalized spacial score (nSPS) is 21.4. The summed E-state index contributed by atoms with van der Waals surface area (Å²) in [4.78, 5) is 24.7. The number of aliphatic carboxylic acids is 1. The molecule has 18 heavy (non-hydrogen) atoms. The van der Waals surface area contributed by atoms with Crippen molar-refractivity contribution in [1.29, 1.82) is 0 Å². The molecule has 0 aliphatic carbocycles. The van der Waals surface area contributed by atoms with Crippen molar-refractivity contribution >= 4 is 11.9 Å². The first kappa shape index (κ1) is 14.7. The van der Waals surface area contributed by atoms with E-state index in [2.05, 4.69) is 6.58 Å². The number of carboxylic acids is 1. The zero-order valence-corrected chi connectivity index (χ0v) is 11.0. The molecule has 1 saturated heterocycles. The van der Waals surface area contributed by atoms with Gasteiger partial charge in [-0.1, -0.05) is 12.5 Å². The van der Waals surface area contributed by atoms with Crippen molar-refractivity contribution in [2.24, 2.45) is 5.92 Å². The van der Waals surface area contributed by atoms with Crippen LogP contribution in [-0.2, 0) is 14.3 Å². The first-order chi connectivity index (χ1) is 8.41. The van der Waals surface area contributed by atoms with Gasteiger partial charge in [0.05, 0.1) is 25.7 Å². The molecule has 1 aliphatic rings. The molecule has 0 aromatic rings. The third-order valence-electron chi connectivity index (χ3n) is 3.00. The number of hydrogen-bond donors (Lipinski definition) is 1. The van der Waals surface area contributed by atoms with Crippen LogP contribution in [0.15, 0.2) is 12.2 Å². The fourth-order valence-electron chi connectivity index (χ4n) is 2.21. The fourth-order valence-corrected chi connectivity index (χ4v) is 2.21. The Labute approximate surface area is 107 Å². The largest absolute Gasteiger partial charge is 0.481 e. The molecule has 0 bridgehead atoms. The minimum absolute atomic E-state index is 0.00690. The summed E-state index contributed by atoms with van der Waals surface area (Å²) < 4.78 is 5.25. The highest BCUT2D eigenvalue weighted by Gasteiger charge is 2.31. The number of hydrogen-bond acceptors (Lipinski definition) is 3. The van der Waals surface area contributed by atoms with E-state index in [1.807, 2.05) is 13.8 Å². The SMILES string of the molecule is C=C(C)C[C@H](C)C(=O)N1CCOC[C@H]1CC(=O)O. The van der Waals surface area contributed by atoms with E-state index in [4.69, 9.17) is 9.84 Å². The van der Waals surface area contributed by atoms with Crippen molar-refractivity contribution in [3.63, 3.8) is 0 Å². The zero-order valence-electron chi connectivity index (χ0n) is 11.0. The average Bonchev–Trinajstić information content (AvgIpc) is 2.27. The summed E-state index contributed by atoms with van der Waals surface area (Å²) in [6.07, 6.45) is 0.571. The second-order valence-corrected chi connectivity index (χ2v) is 4.92. The van der Waals surface area contributed by atoms with Crippen molar-refractivity contribution in [3.8, 4) is 0 Å². The van der Waals surface area contributed by atoms with Gasteiger partial charge in [0, 0.05) is 12.5 Å². The van der Waals surface area contributed by atoms with Gasteiger partial charge in [-0.05, 0) is 13.3 Å². The van der Waals surface area contributed by atoms with Crippen LogP contribution in [0.25, 0.3) is 0 Å². The van der Waals surface area contributed by atoms with Crippen LogP contribution < -0.4 is 0 Å². The molecule has 0 unspecified atom stereocenters. The Hall–Kier alpha value is -1.36. The van der Waals surface area contributed by atoms with E-state index in [1.54, 1.807) is 4.90 Å². The van der Waals surface area contributed by atoms with Gasteiger partial charge in [-0.25, -0.2) is 0 Å². The van der Waals surface area contributed by atoms with E-state index < -0.39 is 5.97 Å². The van der Waals surface area contributed by atoms with Crippen LogP contribution in [0, 0.1) is 5.92 Å². The number of carbonyl (C=O) groups is 2. The zero-order chi connectivity index (χ0) is 13.7. The van der Waals surface area contributed by atoms with Crippen LogP contribution >= 0.6 is 0 Å². The quantitative estimate of drug-likeness (QED) is 0.752. The van der Waals surface area contributed by atoms with Crippen LogP contribution in [0.1, 0.15) is 26.7 Å². The summed E-state index contributed by atoms with van der Waals surface area (Å²) in [6, 6.07) is -0.351. The van der Waals surface area contributed by atoms with Crippen molar-refractivity contribution in [3.05, 3.63) is 12.2 Å². The number of ether oxygens (including phenoxy) is 1. The van der Waals surface area contributed by atoms with E-state index >= 15 is 0 Å². The van der Waals surface area contributed by atoms with E-state index in [9.17, 15) is 9.59 Å². The van der Waals surface area contributed by atoms with Gasteiger partial charge >= 0.3 is 5.97 Å². The molecule has 1 heterocycles. The number of amides is 1. The predicted octanol–water partition coefficient (Wildman–Crippen LogP) is 1.29.